The summed E-state index contributed by atoms with van der Waals surface area (Å²) in [4.78, 5) is 0. The van der Waals surface area contributed by atoms with Gasteiger partial charge in [0.1, 0.15) is 0 Å². The highest BCUT2D eigenvalue weighted by molar-refractivity contribution is 5.46. The average molecular weight is 238 g/mol. The Morgan fingerprint density at radius 1 is 0.611 bits per heavy atom. The lowest BCUT2D eigenvalue weighted by atomic mass is 9.83. The molecule has 18 heavy (non-hydrogen) atoms. The summed E-state index contributed by atoms with van der Waals surface area (Å²) in [6.45, 7) is 11.2. The Morgan fingerprint density at radius 3 is 1.17 bits per heavy atom. The molecule has 0 atom stereocenters. The summed E-state index contributed by atoms with van der Waals surface area (Å²) in [5, 5.41) is 0. The lowest BCUT2D eigenvalue weighted by Crippen LogP contribution is -2.05. The van der Waals surface area contributed by atoms with Crippen LogP contribution < -0.4 is 0 Å². The molecule has 0 aliphatic heterocycles. The van der Waals surface area contributed by atoms with Crippen LogP contribution >= 0.6 is 0 Å². The van der Waals surface area contributed by atoms with Gasteiger partial charge >= 0.3 is 0 Å². The van der Waals surface area contributed by atoms with Crippen LogP contribution in [0.25, 0.3) is 0 Å². The molecular formula is C18H22. The highest BCUT2D eigenvalue weighted by atomic mass is 14.2. The van der Waals surface area contributed by atoms with Crippen LogP contribution in [0.4, 0.5) is 0 Å². The van der Waals surface area contributed by atoms with Crippen LogP contribution in [0.15, 0.2) is 36.4 Å². The van der Waals surface area contributed by atoms with Gasteiger partial charge in [-0.15, -0.1) is 0 Å². The second kappa shape index (κ2) is 4.97. The molecule has 2 aromatic rings. The molecule has 0 unspecified atom stereocenters. The van der Waals surface area contributed by atoms with E-state index in [2.05, 4.69) is 71.0 Å². The van der Waals surface area contributed by atoms with Crippen molar-refractivity contribution in [2.45, 2.75) is 40.5 Å². The second-order valence-corrected chi connectivity index (χ2v) is 5.33. The standard InChI is InChI=1S/C18H22/c1-12-8-6-9-13(2)17(12)16(5)18-14(3)10-7-11-15(18)4/h6-11,16H,1-5H3. The van der Waals surface area contributed by atoms with Crippen LogP contribution in [0.5, 0.6) is 0 Å². The smallest absolute Gasteiger partial charge is 0.00714 e. The van der Waals surface area contributed by atoms with Crippen molar-refractivity contribution in [2.24, 2.45) is 0 Å². The van der Waals surface area contributed by atoms with Gasteiger partial charge in [-0.1, -0.05) is 43.3 Å². The van der Waals surface area contributed by atoms with E-state index in [4.69, 9.17) is 0 Å². The third-order valence-corrected chi connectivity index (χ3v) is 3.95. The van der Waals surface area contributed by atoms with Crippen LogP contribution in [0.1, 0.15) is 46.2 Å². The molecule has 0 saturated heterocycles. The van der Waals surface area contributed by atoms with E-state index >= 15 is 0 Å². The first kappa shape index (κ1) is 12.9. The normalized spacial score (nSPS) is 11.0. The SMILES string of the molecule is Cc1cccc(C)c1C(C)c1c(C)cccc1C. The maximum absolute atomic E-state index is 2.32. The molecule has 0 nitrogen and oxygen atoms in total. The Balaban J connectivity index is 2.58. The molecule has 2 aromatic carbocycles. The number of rotatable bonds is 2. The fourth-order valence-corrected chi connectivity index (χ4v) is 3.17. The van der Waals surface area contributed by atoms with E-state index in [9.17, 15) is 0 Å². The molecule has 2 rings (SSSR count). The Morgan fingerprint density at radius 2 is 0.889 bits per heavy atom. The van der Waals surface area contributed by atoms with Crippen molar-refractivity contribution in [1.82, 2.24) is 0 Å². The van der Waals surface area contributed by atoms with E-state index in [0.29, 0.717) is 5.92 Å². The van der Waals surface area contributed by atoms with Crippen LogP contribution in [-0.2, 0) is 0 Å². The van der Waals surface area contributed by atoms with Gasteiger partial charge in [0.2, 0.25) is 0 Å². The predicted molar refractivity (Wildman–Crippen MR) is 79.3 cm³/mol. The maximum Gasteiger partial charge on any atom is 0.00714 e. The molecule has 0 heteroatoms. The summed E-state index contributed by atoms with van der Waals surface area (Å²) in [5.74, 6) is 0.465. The summed E-state index contributed by atoms with van der Waals surface area (Å²) in [7, 11) is 0. The van der Waals surface area contributed by atoms with E-state index in [1.807, 2.05) is 0 Å². The molecule has 0 aliphatic carbocycles. The summed E-state index contributed by atoms with van der Waals surface area (Å²) < 4.78 is 0. The molecule has 0 radical (unpaired) electrons. The Kier molecular flexibility index (Phi) is 3.56. The fourth-order valence-electron chi connectivity index (χ4n) is 3.17. The number of aryl methyl sites for hydroxylation is 4. The molecule has 0 aliphatic rings. The minimum absolute atomic E-state index is 0.465. The molecule has 0 amide bonds. The van der Waals surface area contributed by atoms with E-state index in [-0.39, 0.29) is 0 Å². The van der Waals surface area contributed by atoms with Gasteiger partial charge in [0.15, 0.2) is 0 Å². The van der Waals surface area contributed by atoms with Gasteiger partial charge in [-0.05, 0) is 61.1 Å². The lowest BCUT2D eigenvalue weighted by molar-refractivity contribution is 0.876. The van der Waals surface area contributed by atoms with Crippen molar-refractivity contribution in [3.63, 3.8) is 0 Å². The highest BCUT2D eigenvalue weighted by Crippen LogP contribution is 2.33. The van der Waals surface area contributed by atoms with E-state index in [1.54, 1.807) is 0 Å². The largest absolute Gasteiger partial charge is 0.0617 e. The summed E-state index contributed by atoms with van der Waals surface area (Å²) in [6, 6.07) is 13.1. The molecule has 94 valence electrons. The van der Waals surface area contributed by atoms with Crippen LogP contribution in [0.2, 0.25) is 0 Å². The van der Waals surface area contributed by atoms with Crippen LogP contribution in [0, 0.1) is 27.7 Å². The van der Waals surface area contributed by atoms with E-state index < -0.39 is 0 Å². The van der Waals surface area contributed by atoms with Crippen molar-refractivity contribution >= 4 is 0 Å². The molecule has 0 heterocycles. The van der Waals surface area contributed by atoms with Gasteiger partial charge in [0, 0.05) is 5.92 Å². The average Bonchev–Trinajstić information content (AvgIpc) is 2.28. The topological polar surface area (TPSA) is 0 Å². The van der Waals surface area contributed by atoms with E-state index in [0.717, 1.165) is 0 Å². The quantitative estimate of drug-likeness (QED) is 0.685. The molecule has 0 saturated carbocycles. The zero-order valence-electron chi connectivity index (χ0n) is 12.0. The summed E-state index contributed by atoms with van der Waals surface area (Å²) in [5.41, 5.74) is 8.54. The fraction of sp³-hybridized carbons (Fsp3) is 0.333. The van der Waals surface area contributed by atoms with E-state index in [1.165, 1.54) is 33.4 Å². The first-order valence-electron chi connectivity index (χ1n) is 6.64. The van der Waals surface area contributed by atoms with Crippen molar-refractivity contribution in [1.29, 1.82) is 0 Å². The zero-order chi connectivity index (χ0) is 13.3. The lowest BCUT2D eigenvalue weighted by Gasteiger charge is -2.21. The first-order valence-corrected chi connectivity index (χ1v) is 6.64. The summed E-state index contributed by atoms with van der Waals surface area (Å²) >= 11 is 0. The van der Waals surface area contributed by atoms with Crippen molar-refractivity contribution in [3.05, 3.63) is 69.8 Å². The second-order valence-electron chi connectivity index (χ2n) is 5.33. The van der Waals surface area contributed by atoms with Gasteiger partial charge in [-0.3, -0.25) is 0 Å². The third-order valence-electron chi connectivity index (χ3n) is 3.95. The molecule has 0 bridgehead atoms. The Hall–Kier alpha value is -1.56. The molecule has 0 fully saturated rings. The molecule has 0 aromatic heterocycles. The molecule has 0 spiro atoms. The minimum Gasteiger partial charge on any atom is -0.0617 e. The minimum atomic E-state index is 0.465. The number of hydrogen-bond acceptors (Lipinski definition) is 0. The van der Waals surface area contributed by atoms with Gasteiger partial charge < -0.3 is 0 Å². The highest BCUT2D eigenvalue weighted by Gasteiger charge is 2.16. The summed E-state index contributed by atoms with van der Waals surface area (Å²) in [6.07, 6.45) is 0. The van der Waals surface area contributed by atoms with Gasteiger partial charge in [-0.2, -0.15) is 0 Å². The predicted octanol–water partition coefficient (Wildman–Crippen LogP) is 5.07. The third kappa shape index (κ3) is 2.20. The van der Waals surface area contributed by atoms with Gasteiger partial charge in [0.25, 0.3) is 0 Å². The van der Waals surface area contributed by atoms with Crippen molar-refractivity contribution < 1.29 is 0 Å². The van der Waals surface area contributed by atoms with Crippen molar-refractivity contribution in [3.8, 4) is 0 Å². The monoisotopic (exact) mass is 238 g/mol. The number of benzene rings is 2. The zero-order valence-corrected chi connectivity index (χ0v) is 12.0. The van der Waals surface area contributed by atoms with Crippen LogP contribution in [-0.4, -0.2) is 0 Å². The van der Waals surface area contributed by atoms with Crippen molar-refractivity contribution in [2.75, 3.05) is 0 Å². The maximum atomic E-state index is 2.32. The van der Waals surface area contributed by atoms with Gasteiger partial charge in [0.05, 0.1) is 0 Å². The molecule has 0 N–H and O–H groups in total. The van der Waals surface area contributed by atoms with Crippen LogP contribution in [0.3, 0.4) is 0 Å². The number of hydrogen-bond donors (Lipinski definition) is 0. The Labute approximate surface area is 111 Å². The first-order chi connectivity index (χ1) is 8.52. The Bertz CT molecular complexity index is 472. The molecular weight excluding hydrogens is 216 g/mol. The van der Waals surface area contributed by atoms with Gasteiger partial charge in [-0.25, -0.2) is 0 Å².